The highest BCUT2D eigenvalue weighted by Crippen LogP contribution is 2.20. The van der Waals surface area contributed by atoms with Gasteiger partial charge in [0.25, 0.3) is 0 Å². The molecule has 0 bridgehead atoms. The number of hydrogen-bond donors (Lipinski definition) is 1. The molecular formula is C20H32N2O2. The maximum Gasteiger partial charge on any atom is 0.308 e. The summed E-state index contributed by atoms with van der Waals surface area (Å²) < 4.78 is 5.04. The maximum absolute atomic E-state index is 11.5. The van der Waals surface area contributed by atoms with E-state index in [1.807, 2.05) is 13.8 Å². The van der Waals surface area contributed by atoms with Gasteiger partial charge in [0.2, 0.25) is 0 Å². The van der Waals surface area contributed by atoms with E-state index in [1.165, 1.54) is 43.4 Å². The van der Waals surface area contributed by atoms with Crippen LogP contribution in [0.5, 0.6) is 0 Å². The standard InChI is InChI=1S/C20H32N2O2/c1-3-24-20(23)16(2)10-7-5-4-6-8-12-18-14-13-17-11-9-15-21-19(17)22-18/h13-14,16H,3-12,15H2,1-2H3,(H,21,22). The van der Waals surface area contributed by atoms with Crippen LogP contribution in [-0.2, 0) is 22.4 Å². The molecule has 4 heteroatoms. The zero-order valence-corrected chi connectivity index (χ0v) is 15.3. The van der Waals surface area contributed by atoms with Crippen LogP contribution in [0.25, 0.3) is 0 Å². The minimum atomic E-state index is -0.0513. The van der Waals surface area contributed by atoms with Crippen molar-refractivity contribution in [2.75, 3.05) is 18.5 Å². The molecule has 2 rings (SSSR count). The number of carbonyl (C=O) groups excluding carboxylic acids is 1. The summed E-state index contributed by atoms with van der Waals surface area (Å²) in [7, 11) is 0. The molecule has 0 saturated heterocycles. The summed E-state index contributed by atoms with van der Waals surface area (Å²) >= 11 is 0. The number of anilines is 1. The van der Waals surface area contributed by atoms with Crippen molar-refractivity contribution in [2.24, 2.45) is 5.92 Å². The first-order valence-corrected chi connectivity index (χ1v) is 9.60. The van der Waals surface area contributed by atoms with Gasteiger partial charge in [-0.05, 0) is 50.7 Å². The van der Waals surface area contributed by atoms with Crippen molar-refractivity contribution in [3.63, 3.8) is 0 Å². The van der Waals surface area contributed by atoms with Gasteiger partial charge in [-0.3, -0.25) is 4.79 Å². The van der Waals surface area contributed by atoms with Crippen molar-refractivity contribution in [1.82, 2.24) is 4.98 Å². The second-order valence-corrected chi connectivity index (χ2v) is 6.80. The van der Waals surface area contributed by atoms with E-state index >= 15 is 0 Å². The van der Waals surface area contributed by atoms with Gasteiger partial charge in [0, 0.05) is 12.2 Å². The molecule has 0 fully saturated rings. The van der Waals surface area contributed by atoms with E-state index < -0.39 is 0 Å². The van der Waals surface area contributed by atoms with Gasteiger partial charge >= 0.3 is 5.97 Å². The van der Waals surface area contributed by atoms with E-state index in [-0.39, 0.29) is 11.9 Å². The van der Waals surface area contributed by atoms with Crippen molar-refractivity contribution < 1.29 is 9.53 Å². The number of rotatable bonds is 10. The zero-order chi connectivity index (χ0) is 17.2. The van der Waals surface area contributed by atoms with Crippen LogP contribution in [0.2, 0.25) is 0 Å². The Morgan fingerprint density at radius 3 is 2.88 bits per heavy atom. The lowest BCUT2D eigenvalue weighted by Crippen LogP contribution is -2.14. The number of ether oxygens (including phenoxy) is 1. The van der Waals surface area contributed by atoms with E-state index in [2.05, 4.69) is 17.4 Å². The molecule has 1 aromatic rings. The molecule has 1 unspecified atom stereocenters. The fourth-order valence-electron chi connectivity index (χ4n) is 3.20. The molecular weight excluding hydrogens is 300 g/mol. The Kier molecular flexibility index (Phi) is 8.06. The molecule has 1 N–H and O–H groups in total. The number of nitrogens with zero attached hydrogens (tertiary/aromatic N) is 1. The quantitative estimate of drug-likeness (QED) is 0.505. The Morgan fingerprint density at radius 1 is 1.25 bits per heavy atom. The third-order valence-corrected chi connectivity index (χ3v) is 4.71. The van der Waals surface area contributed by atoms with Gasteiger partial charge in [0.05, 0.1) is 12.5 Å². The summed E-state index contributed by atoms with van der Waals surface area (Å²) in [6, 6.07) is 4.42. The SMILES string of the molecule is CCOC(=O)C(C)CCCCCCCc1ccc2c(n1)NCCC2. The summed E-state index contributed by atoms with van der Waals surface area (Å²) in [6.07, 6.45) is 10.3. The summed E-state index contributed by atoms with van der Waals surface area (Å²) in [4.78, 5) is 16.3. The fraction of sp³-hybridized carbons (Fsp3) is 0.700. The number of aryl methyl sites for hydroxylation is 2. The maximum atomic E-state index is 11.5. The van der Waals surface area contributed by atoms with Gasteiger partial charge < -0.3 is 10.1 Å². The van der Waals surface area contributed by atoms with E-state index in [0.717, 1.165) is 38.0 Å². The lowest BCUT2D eigenvalue weighted by Gasteiger charge is -2.17. The van der Waals surface area contributed by atoms with Gasteiger partial charge in [-0.1, -0.05) is 38.7 Å². The van der Waals surface area contributed by atoms with Crippen molar-refractivity contribution in [2.45, 2.75) is 71.6 Å². The molecule has 24 heavy (non-hydrogen) atoms. The Morgan fingerprint density at radius 2 is 2.04 bits per heavy atom. The largest absolute Gasteiger partial charge is 0.466 e. The second-order valence-electron chi connectivity index (χ2n) is 6.80. The van der Waals surface area contributed by atoms with Crippen LogP contribution in [0, 0.1) is 5.92 Å². The Balaban J connectivity index is 1.55. The summed E-state index contributed by atoms with van der Waals surface area (Å²) in [5.74, 6) is 1.09. The van der Waals surface area contributed by atoms with Gasteiger partial charge in [-0.15, -0.1) is 0 Å². The first kappa shape index (κ1) is 18.8. The van der Waals surface area contributed by atoms with Crippen LogP contribution in [0.1, 0.15) is 70.1 Å². The third-order valence-electron chi connectivity index (χ3n) is 4.71. The first-order chi connectivity index (χ1) is 11.7. The van der Waals surface area contributed by atoms with Crippen LogP contribution in [0.4, 0.5) is 5.82 Å². The zero-order valence-electron chi connectivity index (χ0n) is 15.3. The van der Waals surface area contributed by atoms with E-state index in [0.29, 0.717) is 6.61 Å². The van der Waals surface area contributed by atoms with Crippen LogP contribution in [-0.4, -0.2) is 24.1 Å². The Labute approximate surface area is 146 Å². The molecule has 1 aliphatic heterocycles. The monoisotopic (exact) mass is 332 g/mol. The number of fused-ring (bicyclic) bond motifs is 1. The molecule has 2 heterocycles. The van der Waals surface area contributed by atoms with Crippen molar-refractivity contribution in [3.8, 4) is 0 Å². The Hall–Kier alpha value is -1.58. The number of unbranched alkanes of at least 4 members (excludes halogenated alkanes) is 4. The van der Waals surface area contributed by atoms with Crippen molar-refractivity contribution in [3.05, 3.63) is 23.4 Å². The smallest absolute Gasteiger partial charge is 0.308 e. The van der Waals surface area contributed by atoms with Gasteiger partial charge in [0.1, 0.15) is 5.82 Å². The van der Waals surface area contributed by atoms with Crippen LogP contribution in [0.15, 0.2) is 12.1 Å². The predicted molar refractivity (Wildman–Crippen MR) is 98.3 cm³/mol. The highest BCUT2D eigenvalue weighted by molar-refractivity contribution is 5.71. The molecule has 0 aromatic carbocycles. The topological polar surface area (TPSA) is 51.2 Å². The first-order valence-electron chi connectivity index (χ1n) is 9.60. The van der Waals surface area contributed by atoms with E-state index in [9.17, 15) is 4.79 Å². The fourth-order valence-corrected chi connectivity index (χ4v) is 3.20. The molecule has 0 spiro atoms. The molecule has 4 nitrogen and oxygen atoms in total. The highest BCUT2D eigenvalue weighted by Gasteiger charge is 2.13. The van der Waals surface area contributed by atoms with Crippen LogP contribution >= 0.6 is 0 Å². The molecule has 0 aliphatic carbocycles. The number of aromatic nitrogens is 1. The molecule has 1 atom stereocenters. The van der Waals surface area contributed by atoms with Crippen molar-refractivity contribution in [1.29, 1.82) is 0 Å². The predicted octanol–water partition coefficient (Wildman–Crippen LogP) is 4.52. The van der Waals surface area contributed by atoms with Gasteiger partial charge in [-0.25, -0.2) is 4.98 Å². The van der Waals surface area contributed by atoms with Crippen LogP contribution < -0.4 is 5.32 Å². The number of carbonyl (C=O) groups is 1. The van der Waals surface area contributed by atoms with E-state index in [1.54, 1.807) is 0 Å². The number of pyridine rings is 1. The molecule has 1 aromatic heterocycles. The van der Waals surface area contributed by atoms with Crippen LogP contribution in [0.3, 0.4) is 0 Å². The number of esters is 1. The minimum absolute atomic E-state index is 0.0390. The van der Waals surface area contributed by atoms with Gasteiger partial charge in [0.15, 0.2) is 0 Å². The average molecular weight is 332 g/mol. The Bertz CT molecular complexity index is 516. The summed E-state index contributed by atoms with van der Waals surface area (Å²) in [5, 5.41) is 3.40. The normalized spacial score (nSPS) is 14.6. The second kappa shape index (κ2) is 10.3. The number of nitrogens with one attached hydrogen (secondary N) is 1. The highest BCUT2D eigenvalue weighted by atomic mass is 16.5. The molecule has 0 saturated carbocycles. The minimum Gasteiger partial charge on any atom is -0.466 e. The van der Waals surface area contributed by atoms with Gasteiger partial charge in [-0.2, -0.15) is 0 Å². The molecule has 1 aliphatic rings. The van der Waals surface area contributed by atoms with Crippen molar-refractivity contribution >= 4 is 11.8 Å². The lowest BCUT2D eigenvalue weighted by atomic mass is 10.0. The lowest BCUT2D eigenvalue weighted by molar-refractivity contribution is -0.147. The third kappa shape index (κ3) is 6.14. The molecule has 0 radical (unpaired) electrons. The molecule has 0 amide bonds. The van der Waals surface area contributed by atoms with E-state index in [4.69, 9.17) is 9.72 Å². The summed E-state index contributed by atoms with van der Waals surface area (Å²) in [5.41, 5.74) is 2.57. The average Bonchev–Trinajstić information content (AvgIpc) is 2.60. The summed E-state index contributed by atoms with van der Waals surface area (Å²) in [6.45, 7) is 5.36. The molecule has 134 valence electrons. The number of hydrogen-bond acceptors (Lipinski definition) is 4.